The molecular weight excluding hydrogens is 328 g/mol. The quantitative estimate of drug-likeness (QED) is 0.528. The Morgan fingerprint density at radius 2 is 2.08 bits per heavy atom. The number of aryl methyl sites for hydroxylation is 2. The number of nitrogens with one attached hydrogen (secondary N) is 1. The lowest BCUT2D eigenvalue weighted by atomic mass is 10.1. The van der Waals surface area contributed by atoms with Gasteiger partial charge in [0, 0.05) is 22.7 Å². The van der Waals surface area contributed by atoms with E-state index in [9.17, 15) is 4.79 Å². The first-order chi connectivity index (χ1) is 12.5. The molecular formula is C20H22N4O2. The molecule has 0 radical (unpaired) electrons. The number of hydrazone groups is 1. The number of rotatable bonds is 6. The average molecular weight is 350 g/mol. The van der Waals surface area contributed by atoms with Gasteiger partial charge < -0.3 is 15.0 Å². The van der Waals surface area contributed by atoms with Crippen LogP contribution >= 0.6 is 0 Å². The van der Waals surface area contributed by atoms with E-state index in [4.69, 9.17) is 10.5 Å². The van der Waals surface area contributed by atoms with E-state index in [0.717, 1.165) is 27.8 Å². The highest BCUT2D eigenvalue weighted by Crippen LogP contribution is 2.21. The van der Waals surface area contributed by atoms with Crippen LogP contribution in [0.4, 0.5) is 4.79 Å². The van der Waals surface area contributed by atoms with E-state index < -0.39 is 6.03 Å². The molecule has 0 bridgehead atoms. The normalized spacial score (nSPS) is 11.2. The molecule has 3 rings (SSSR count). The molecule has 6 heteroatoms. The topological polar surface area (TPSA) is 81.6 Å². The molecule has 0 unspecified atom stereocenters. The van der Waals surface area contributed by atoms with Crippen LogP contribution in [0.25, 0.3) is 10.9 Å². The summed E-state index contributed by atoms with van der Waals surface area (Å²) in [5.41, 5.74) is 11.6. The summed E-state index contributed by atoms with van der Waals surface area (Å²) < 4.78 is 8.05. The number of primary amides is 1. The summed E-state index contributed by atoms with van der Waals surface area (Å²) in [4.78, 5) is 10.8. The number of amides is 2. The maximum atomic E-state index is 10.8. The smallest absolute Gasteiger partial charge is 0.332 e. The molecule has 0 saturated carbocycles. The third kappa shape index (κ3) is 4.03. The molecule has 134 valence electrons. The number of carbonyl (C=O) groups excluding carboxylic acids is 1. The second-order valence-electron chi connectivity index (χ2n) is 6.15. The van der Waals surface area contributed by atoms with Gasteiger partial charge in [0.1, 0.15) is 12.4 Å². The molecule has 0 atom stereocenters. The Morgan fingerprint density at radius 3 is 2.85 bits per heavy atom. The van der Waals surface area contributed by atoms with Crippen LogP contribution in [0.15, 0.2) is 53.8 Å². The zero-order valence-electron chi connectivity index (χ0n) is 14.9. The van der Waals surface area contributed by atoms with Crippen LogP contribution in [0.1, 0.15) is 16.7 Å². The molecule has 3 aromatic rings. The van der Waals surface area contributed by atoms with Crippen molar-refractivity contribution < 1.29 is 9.53 Å². The van der Waals surface area contributed by atoms with E-state index >= 15 is 0 Å². The summed E-state index contributed by atoms with van der Waals surface area (Å²) in [5, 5.41) is 4.91. The monoisotopic (exact) mass is 350 g/mol. The van der Waals surface area contributed by atoms with Crippen molar-refractivity contribution in [1.82, 2.24) is 9.99 Å². The van der Waals surface area contributed by atoms with Gasteiger partial charge in [-0.1, -0.05) is 35.9 Å². The fourth-order valence-corrected chi connectivity index (χ4v) is 2.94. The number of carbonyl (C=O) groups is 1. The van der Waals surface area contributed by atoms with E-state index in [0.29, 0.717) is 13.2 Å². The molecule has 26 heavy (non-hydrogen) atoms. The van der Waals surface area contributed by atoms with Crippen LogP contribution in [0.3, 0.4) is 0 Å². The highest BCUT2D eigenvalue weighted by atomic mass is 16.5. The minimum absolute atomic E-state index is 0.554. The number of hydrogen-bond acceptors (Lipinski definition) is 3. The predicted octanol–water partition coefficient (Wildman–Crippen LogP) is 3.34. The van der Waals surface area contributed by atoms with Gasteiger partial charge in [-0.25, -0.2) is 10.2 Å². The van der Waals surface area contributed by atoms with Crippen LogP contribution < -0.4 is 15.9 Å². The molecule has 0 aliphatic rings. The standard InChI is InChI=1S/C20H22N4O2/c1-14-7-8-19(15(2)11-14)26-10-9-24-13-16(12-22-23-20(21)25)17-5-3-4-6-18(17)24/h3-8,11-13H,9-10H2,1-2H3,(H3,21,23,25). The van der Waals surface area contributed by atoms with E-state index in [-0.39, 0.29) is 0 Å². The van der Waals surface area contributed by atoms with Gasteiger partial charge in [-0.05, 0) is 31.5 Å². The SMILES string of the molecule is Cc1ccc(OCCn2cc(C=NNC(N)=O)c3ccccc32)c(C)c1. The predicted molar refractivity (Wildman–Crippen MR) is 104 cm³/mol. The lowest BCUT2D eigenvalue weighted by Crippen LogP contribution is -2.24. The second kappa shape index (κ2) is 7.74. The Bertz CT molecular complexity index is 960. The molecule has 6 nitrogen and oxygen atoms in total. The first-order valence-electron chi connectivity index (χ1n) is 8.41. The van der Waals surface area contributed by atoms with Crippen molar-refractivity contribution >= 4 is 23.1 Å². The molecule has 0 saturated heterocycles. The highest BCUT2D eigenvalue weighted by molar-refractivity contribution is 5.99. The number of hydrogen-bond donors (Lipinski definition) is 2. The molecule has 1 heterocycles. The number of ether oxygens (including phenoxy) is 1. The minimum Gasteiger partial charge on any atom is -0.491 e. The van der Waals surface area contributed by atoms with Gasteiger partial charge in [-0.2, -0.15) is 5.10 Å². The van der Waals surface area contributed by atoms with E-state index in [1.54, 1.807) is 6.21 Å². The number of nitrogens with two attached hydrogens (primary N) is 1. The van der Waals surface area contributed by atoms with Crippen molar-refractivity contribution in [3.63, 3.8) is 0 Å². The zero-order chi connectivity index (χ0) is 18.5. The molecule has 3 N–H and O–H groups in total. The second-order valence-corrected chi connectivity index (χ2v) is 6.15. The van der Waals surface area contributed by atoms with Crippen molar-refractivity contribution in [2.24, 2.45) is 10.8 Å². The van der Waals surface area contributed by atoms with Crippen molar-refractivity contribution in [2.45, 2.75) is 20.4 Å². The third-order valence-corrected chi connectivity index (χ3v) is 4.12. The van der Waals surface area contributed by atoms with E-state index in [1.807, 2.05) is 49.5 Å². The number of aromatic nitrogens is 1. The Kier molecular flexibility index (Phi) is 5.22. The van der Waals surface area contributed by atoms with E-state index in [1.165, 1.54) is 5.56 Å². The van der Waals surface area contributed by atoms with Crippen LogP contribution in [0.2, 0.25) is 0 Å². The number of fused-ring (bicyclic) bond motifs is 1. The molecule has 0 aliphatic carbocycles. The highest BCUT2D eigenvalue weighted by Gasteiger charge is 2.07. The summed E-state index contributed by atoms with van der Waals surface area (Å²) >= 11 is 0. The summed E-state index contributed by atoms with van der Waals surface area (Å²) in [6, 6.07) is 13.5. The van der Waals surface area contributed by atoms with Crippen LogP contribution in [-0.4, -0.2) is 23.4 Å². The van der Waals surface area contributed by atoms with Crippen LogP contribution in [0, 0.1) is 13.8 Å². The van der Waals surface area contributed by atoms with E-state index in [2.05, 4.69) is 28.1 Å². The summed E-state index contributed by atoms with van der Waals surface area (Å²) in [7, 11) is 0. The maximum absolute atomic E-state index is 10.8. The van der Waals surface area contributed by atoms with Gasteiger partial charge in [-0.15, -0.1) is 0 Å². The Labute approximate surface area is 152 Å². The van der Waals surface area contributed by atoms with Gasteiger partial charge in [0.15, 0.2) is 0 Å². The van der Waals surface area contributed by atoms with Crippen molar-refractivity contribution in [3.05, 3.63) is 65.4 Å². The lowest BCUT2D eigenvalue weighted by molar-refractivity contribution is 0.249. The number of para-hydroxylation sites is 1. The van der Waals surface area contributed by atoms with Gasteiger partial charge >= 0.3 is 6.03 Å². The van der Waals surface area contributed by atoms with Crippen LogP contribution in [0.5, 0.6) is 5.75 Å². The fraction of sp³-hybridized carbons (Fsp3) is 0.200. The summed E-state index contributed by atoms with van der Waals surface area (Å²) in [6.45, 7) is 5.37. The van der Waals surface area contributed by atoms with Crippen LogP contribution in [-0.2, 0) is 6.54 Å². The van der Waals surface area contributed by atoms with Gasteiger partial charge in [0.05, 0.1) is 12.8 Å². The van der Waals surface area contributed by atoms with Gasteiger partial charge in [-0.3, -0.25) is 0 Å². The van der Waals surface area contributed by atoms with Gasteiger partial charge in [0.2, 0.25) is 0 Å². The molecule has 0 spiro atoms. The summed E-state index contributed by atoms with van der Waals surface area (Å²) in [5.74, 6) is 0.902. The van der Waals surface area contributed by atoms with Crippen molar-refractivity contribution in [3.8, 4) is 5.75 Å². The lowest BCUT2D eigenvalue weighted by Gasteiger charge is -2.11. The molecule has 1 aromatic heterocycles. The van der Waals surface area contributed by atoms with Crippen molar-refractivity contribution in [2.75, 3.05) is 6.61 Å². The largest absolute Gasteiger partial charge is 0.491 e. The first-order valence-corrected chi connectivity index (χ1v) is 8.41. The Hall–Kier alpha value is -3.28. The molecule has 0 aliphatic heterocycles. The first kappa shape index (κ1) is 17.5. The average Bonchev–Trinajstić information content (AvgIpc) is 2.95. The minimum atomic E-state index is -0.688. The Balaban J connectivity index is 1.75. The van der Waals surface area contributed by atoms with Crippen molar-refractivity contribution in [1.29, 1.82) is 0 Å². The molecule has 2 amide bonds. The zero-order valence-corrected chi connectivity index (χ0v) is 14.9. The molecule has 0 fully saturated rings. The number of urea groups is 1. The Morgan fingerprint density at radius 1 is 1.27 bits per heavy atom. The molecule has 2 aromatic carbocycles. The van der Waals surface area contributed by atoms with Gasteiger partial charge in [0.25, 0.3) is 0 Å². The maximum Gasteiger partial charge on any atom is 0.332 e. The number of nitrogens with zero attached hydrogens (tertiary/aromatic N) is 2. The third-order valence-electron chi connectivity index (χ3n) is 4.12. The number of benzene rings is 2. The fourth-order valence-electron chi connectivity index (χ4n) is 2.94. The summed E-state index contributed by atoms with van der Waals surface area (Å²) in [6.07, 6.45) is 3.58.